The zero-order chi connectivity index (χ0) is 10.9. The minimum atomic E-state index is 0.908. The molecule has 1 fully saturated rings. The Morgan fingerprint density at radius 1 is 1.47 bits per heavy atom. The highest BCUT2D eigenvalue weighted by Gasteiger charge is 2.15. The summed E-state index contributed by atoms with van der Waals surface area (Å²) in [5.41, 5.74) is 0. The van der Waals surface area contributed by atoms with Crippen LogP contribution in [0.5, 0.6) is 0 Å². The fraction of sp³-hybridized carbons (Fsp3) is 0.833. The van der Waals surface area contributed by atoms with Crippen molar-refractivity contribution in [3.63, 3.8) is 0 Å². The van der Waals surface area contributed by atoms with Crippen molar-refractivity contribution in [1.82, 2.24) is 10.2 Å². The number of likely N-dealkylation sites (tertiary alicyclic amines) is 1. The Labute approximate surface area is 98.5 Å². The van der Waals surface area contributed by atoms with E-state index >= 15 is 0 Å². The van der Waals surface area contributed by atoms with Gasteiger partial charge in [0.25, 0.3) is 0 Å². The van der Waals surface area contributed by atoms with Gasteiger partial charge in [0.1, 0.15) is 0 Å². The first kappa shape index (κ1) is 13.1. The molecule has 0 saturated carbocycles. The minimum absolute atomic E-state index is 0.908. The monoisotopic (exact) mass is 228 g/mol. The van der Waals surface area contributed by atoms with Crippen LogP contribution in [-0.4, -0.2) is 49.6 Å². The quantitative estimate of drug-likeness (QED) is 0.529. The van der Waals surface area contributed by atoms with Crippen LogP contribution >= 0.6 is 11.8 Å². The molecule has 0 atom stereocenters. The van der Waals surface area contributed by atoms with E-state index in [0.717, 1.165) is 18.2 Å². The molecule has 0 spiro atoms. The van der Waals surface area contributed by atoms with Gasteiger partial charge < -0.3 is 10.2 Å². The molecule has 0 aliphatic carbocycles. The maximum Gasteiger partial charge on any atom is 0.0111 e. The van der Waals surface area contributed by atoms with Crippen LogP contribution in [0, 0.1) is 5.92 Å². The second-order valence-electron chi connectivity index (χ2n) is 4.31. The Bertz CT molecular complexity index is 165. The average Bonchev–Trinajstić information content (AvgIpc) is 2.26. The molecule has 0 aromatic carbocycles. The molecule has 1 aliphatic rings. The third-order valence-electron chi connectivity index (χ3n) is 2.93. The standard InChI is InChI=1S/C12H24N2S/c1-3-9-15-10-6-13-11-12-4-7-14(2)8-5-12/h3,12-13H,1,4-11H2,2H3. The summed E-state index contributed by atoms with van der Waals surface area (Å²) >= 11 is 1.95. The molecular weight excluding hydrogens is 204 g/mol. The maximum absolute atomic E-state index is 3.71. The van der Waals surface area contributed by atoms with Crippen LogP contribution in [0.2, 0.25) is 0 Å². The van der Waals surface area contributed by atoms with Crippen molar-refractivity contribution in [3.8, 4) is 0 Å². The van der Waals surface area contributed by atoms with E-state index in [0.29, 0.717) is 0 Å². The summed E-state index contributed by atoms with van der Waals surface area (Å²) in [6, 6.07) is 0. The highest BCUT2D eigenvalue weighted by atomic mass is 32.2. The molecule has 0 amide bonds. The fourth-order valence-corrected chi connectivity index (χ4v) is 2.51. The molecule has 0 unspecified atom stereocenters. The van der Waals surface area contributed by atoms with Gasteiger partial charge in [-0.1, -0.05) is 6.08 Å². The van der Waals surface area contributed by atoms with Crippen LogP contribution in [0.3, 0.4) is 0 Å². The summed E-state index contributed by atoms with van der Waals surface area (Å²) < 4.78 is 0. The molecule has 15 heavy (non-hydrogen) atoms. The molecule has 0 aromatic heterocycles. The fourth-order valence-electron chi connectivity index (χ4n) is 1.88. The first-order chi connectivity index (χ1) is 7.33. The summed E-state index contributed by atoms with van der Waals surface area (Å²) in [6.07, 6.45) is 4.70. The third-order valence-corrected chi connectivity index (χ3v) is 3.89. The Hall–Kier alpha value is 0.01000. The van der Waals surface area contributed by atoms with Gasteiger partial charge in [-0.25, -0.2) is 0 Å². The molecule has 1 N–H and O–H groups in total. The summed E-state index contributed by atoms with van der Waals surface area (Å²) in [7, 11) is 2.22. The van der Waals surface area contributed by atoms with Crippen LogP contribution in [0.4, 0.5) is 0 Å². The number of piperidine rings is 1. The Balaban J connectivity index is 1.89. The van der Waals surface area contributed by atoms with Crippen LogP contribution in [0.1, 0.15) is 12.8 Å². The zero-order valence-corrected chi connectivity index (χ0v) is 10.7. The number of thioether (sulfide) groups is 1. The molecule has 2 nitrogen and oxygen atoms in total. The lowest BCUT2D eigenvalue weighted by molar-refractivity contribution is 0.217. The van der Waals surface area contributed by atoms with Crippen LogP contribution in [0.25, 0.3) is 0 Å². The normalized spacial score (nSPS) is 19.3. The van der Waals surface area contributed by atoms with Crippen molar-refractivity contribution in [2.45, 2.75) is 12.8 Å². The zero-order valence-electron chi connectivity index (χ0n) is 9.87. The SMILES string of the molecule is C=CCSCCNCC1CCN(C)CC1. The van der Waals surface area contributed by atoms with E-state index < -0.39 is 0 Å². The van der Waals surface area contributed by atoms with E-state index in [1.165, 1.54) is 38.2 Å². The van der Waals surface area contributed by atoms with E-state index in [4.69, 9.17) is 0 Å². The van der Waals surface area contributed by atoms with Crippen molar-refractivity contribution in [1.29, 1.82) is 0 Å². The van der Waals surface area contributed by atoms with Crippen molar-refractivity contribution in [2.75, 3.05) is 44.7 Å². The Morgan fingerprint density at radius 3 is 2.87 bits per heavy atom. The van der Waals surface area contributed by atoms with Crippen molar-refractivity contribution < 1.29 is 0 Å². The number of nitrogens with one attached hydrogen (secondary N) is 1. The summed E-state index contributed by atoms with van der Waals surface area (Å²) in [5.74, 6) is 3.19. The molecular formula is C12H24N2S. The molecule has 1 saturated heterocycles. The molecule has 0 bridgehead atoms. The van der Waals surface area contributed by atoms with E-state index in [-0.39, 0.29) is 0 Å². The van der Waals surface area contributed by atoms with E-state index in [1.807, 2.05) is 17.8 Å². The van der Waals surface area contributed by atoms with Crippen LogP contribution in [-0.2, 0) is 0 Å². The average molecular weight is 228 g/mol. The second-order valence-corrected chi connectivity index (χ2v) is 5.46. The van der Waals surface area contributed by atoms with Crippen molar-refractivity contribution in [2.24, 2.45) is 5.92 Å². The summed E-state index contributed by atoms with van der Waals surface area (Å²) in [4.78, 5) is 2.43. The highest BCUT2D eigenvalue weighted by molar-refractivity contribution is 7.99. The smallest absolute Gasteiger partial charge is 0.0111 e. The van der Waals surface area contributed by atoms with Gasteiger partial charge in [-0.2, -0.15) is 11.8 Å². The third kappa shape index (κ3) is 6.23. The molecule has 0 aromatic rings. The lowest BCUT2D eigenvalue weighted by Gasteiger charge is -2.29. The summed E-state index contributed by atoms with van der Waals surface area (Å²) in [6.45, 7) is 8.62. The van der Waals surface area contributed by atoms with E-state index in [9.17, 15) is 0 Å². The molecule has 88 valence electrons. The Kier molecular flexibility index (Phi) is 7.14. The predicted octanol–water partition coefficient (Wildman–Crippen LogP) is 1.84. The molecule has 1 aliphatic heterocycles. The lowest BCUT2D eigenvalue weighted by Crippen LogP contribution is -2.35. The van der Waals surface area contributed by atoms with Crippen molar-refractivity contribution >= 4 is 11.8 Å². The van der Waals surface area contributed by atoms with E-state index in [2.05, 4.69) is 23.8 Å². The van der Waals surface area contributed by atoms with Gasteiger partial charge in [-0.15, -0.1) is 6.58 Å². The van der Waals surface area contributed by atoms with Crippen LogP contribution < -0.4 is 5.32 Å². The first-order valence-electron chi connectivity index (χ1n) is 5.91. The van der Waals surface area contributed by atoms with Gasteiger partial charge in [0.15, 0.2) is 0 Å². The van der Waals surface area contributed by atoms with Gasteiger partial charge in [0.05, 0.1) is 0 Å². The van der Waals surface area contributed by atoms with Crippen molar-refractivity contribution in [3.05, 3.63) is 12.7 Å². The second kappa shape index (κ2) is 8.20. The highest BCUT2D eigenvalue weighted by Crippen LogP contribution is 2.14. The number of nitrogens with zero attached hydrogens (tertiary/aromatic N) is 1. The number of hydrogen-bond donors (Lipinski definition) is 1. The van der Waals surface area contributed by atoms with E-state index in [1.54, 1.807) is 0 Å². The number of hydrogen-bond acceptors (Lipinski definition) is 3. The molecule has 1 heterocycles. The molecule has 0 radical (unpaired) electrons. The van der Waals surface area contributed by atoms with Gasteiger partial charge in [0, 0.05) is 18.1 Å². The first-order valence-corrected chi connectivity index (χ1v) is 7.06. The predicted molar refractivity (Wildman–Crippen MR) is 70.6 cm³/mol. The van der Waals surface area contributed by atoms with Gasteiger partial charge in [0.2, 0.25) is 0 Å². The van der Waals surface area contributed by atoms with Gasteiger partial charge in [-0.3, -0.25) is 0 Å². The van der Waals surface area contributed by atoms with Crippen LogP contribution in [0.15, 0.2) is 12.7 Å². The number of rotatable bonds is 7. The summed E-state index contributed by atoms with van der Waals surface area (Å²) in [5, 5.41) is 3.56. The molecule has 1 rings (SSSR count). The van der Waals surface area contributed by atoms with Gasteiger partial charge in [-0.05, 0) is 45.4 Å². The molecule has 3 heteroatoms. The minimum Gasteiger partial charge on any atom is -0.316 e. The maximum atomic E-state index is 3.71. The largest absolute Gasteiger partial charge is 0.316 e. The topological polar surface area (TPSA) is 15.3 Å². The van der Waals surface area contributed by atoms with Gasteiger partial charge >= 0.3 is 0 Å². The Morgan fingerprint density at radius 2 is 2.20 bits per heavy atom. The lowest BCUT2D eigenvalue weighted by atomic mass is 9.97.